The van der Waals surface area contributed by atoms with Gasteiger partial charge in [0.15, 0.2) is 0 Å². The predicted molar refractivity (Wildman–Crippen MR) is 58.5 cm³/mol. The van der Waals surface area contributed by atoms with E-state index in [-0.39, 0.29) is 11.9 Å². The van der Waals surface area contributed by atoms with E-state index < -0.39 is 0 Å². The summed E-state index contributed by atoms with van der Waals surface area (Å²) in [4.78, 5) is 0. The zero-order valence-corrected chi connectivity index (χ0v) is 8.89. The van der Waals surface area contributed by atoms with Gasteiger partial charge >= 0.3 is 11.9 Å². The number of nitrogens with one attached hydrogen (secondary N) is 4. The molecule has 2 rings (SSSR count). The molecule has 0 bridgehead atoms. The molecule has 0 aliphatic carbocycles. The van der Waals surface area contributed by atoms with Gasteiger partial charge in [0.25, 0.3) is 0 Å². The van der Waals surface area contributed by atoms with Crippen LogP contribution in [-0.2, 0) is 0 Å². The molecule has 14 heteroatoms. The van der Waals surface area contributed by atoms with Crippen LogP contribution in [0.15, 0.2) is 10.2 Å². The molecule has 0 amide bonds. The van der Waals surface area contributed by atoms with Crippen LogP contribution in [0, 0.1) is 10.8 Å². The molecule has 0 unspecified atom stereocenters. The Morgan fingerprint density at radius 2 is 1.22 bits per heavy atom. The zero-order valence-electron chi connectivity index (χ0n) is 8.89. The Hall–Kier alpha value is -3.32. The van der Waals surface area contributed by atoms with Crippen molar-refractivity contribution in [2.24, 2.45) is 21.7 Å². The fraction of sp³-hybridized carbons (Fsp3) is 0. The molecule has 0 aliphatic rings. The van der Waals surface area contributed by atoms with Crippen molar-refractivity contribution in [1.29, 1.82) is 10.8 Å². The van der Waals surface area contributed by atoms with Gasteiger partial charge in [0, 0.05) is 0 Å². The van der Waals surface area contributed by atoms with Crippen molar-refractivity contribution in [3.8, 4) is 0 Å². The van der Waals surface area contributed by atoms with Crippen LogP contribution in [0.2, 0.25) is 0 Å². The van der Waals surface area contributed by atoms with Crippen LogP contribution in [0.25, 0.3) is 0 Å². The molecule has 2 aromatic rings. The van der Waals surface area contributed by atoms with Crippen LogP contribution in [0.3, 0.4) is 0 Å². The van der Waals surface area contributed by atoms with Gasteiger partial charge < -0.3 is 11.5 Å². The highest BCUT2D eigenvalue weighted by Gasteiger charge is 1.95. The summed E-state index contributed by atoms with van der Waals surface area (Å²) in [6.45, 7) is 0. The Kier molecular flexibility index (Phi) is 8.32. The van der Waals surface area contributed by atoms with Gasteiger partial charge in [-0.1, -0.05) is 10.2 Å². The van der Waals surface area contributed by atoms with Gasteiger partial charge in [0.1, 0.15) is 0 Å². The van der Waals surface area contributed by atoms with E-state index in [1.807, 2.05) is 0 Å². The topological polar surface area (TPSA) is 233 Å². The molecule has 18 heavy (non-hydrogen) atoms. The quantitative estimate of drug-likeness (QED) is 0.203. The summed E-state index contributed by atoms with van der Waals surface area (Å²) in [5, 5.41) is 43.8. The predicted octanol–water partition coefficient (Wildman–Crippen LogP) is -1.77. The van der Waals surface area contributed by atoms with Gasteiger partial charge in [-0.2, -0.15) is 10.4 Å². The van der Waals surface area contributed by atoms with E-state index in [0.29, 0.717) is 0 Å². The zero-order chi connectivity index (χ0) is 13.6. The minimum absolute atomic E-state index is 0.111. The maximum Gasteiger partial charge on any atom is 0.307 e. The third-order valence-electron chi connectivity index (χ3n) is 0.897. The molecule has 0 aromatic carbocycles. The van der Waals surface area contributed by atoms with E-state index in [1.54, 1.807) is 0 Å². The van der Waals surface area contributed by atoms with E-state index in [1.165, 1.54) is 0 Å². The van der Waals surface area contributed by atoms with Gasteiger partial charge in [0.05, 0.1) is 12.7 Å². The van der Waals surface area contributed by atoms with Crippen LogP contribution in [0.4, 0.5) is 11.9 Å². The monoisotopic (exact) mass is 254 g/mol. The van der Waals surface area contributed by atoms with Crippen molar-refractivity contribution in [2.45, 2.75) is 0 Å². The van der Waals surface area contributed by atoms with Crippen LogP contribution >= 0.6 is 0 Å². The number of tetrazole rings is 2. The molecule has 0 saturated heterocycles. The lowest BCUT2D eigenvalue weighted by atomic mass is 11.1. The van der Waals surface area contributed by atoms with Gasteiger partial charge in [-0.25, -0.2) is 0 Å². The number of nitrogens with zero attached hydrogens (tertiary/aromatic N) is 8. The maximum atomic E-state index is 5.86. The van der Waals surface area contributed by atoms with Gasteiger partial charge in [-0.15, -0.1) is 20.4 Å². The Labute approximate surface area is 99.3 Å². The molecule has 2 heterocycles. The third kappa shape index (κ3) is 7.04. The lowest BCUT2D eigenvalue weighted by molar-refractivity contribution is 0.881. The van der Waals surface area contributed by atoms with E-state index in [9.17, 15) is 0 Å². The van der Waals surface area contributed by atoms with Gasteiger partial charge in [0.2, 0.25) is 0 Å². The first kappa shape index (κ1) is 14.7. The summed E-state index contributed by atoms with van der Waals surface area (Å²) < 4.78 is 0. The van der Waals surface area contributed by atoms with Crippen LogP contribution in [0.5, 0.6) is 0 Å². The Morgan fingerprint density at radius 3 is 1.44 bits per heavy atom. The first-order chi connectivity index (χ1) is 8.78. The Morgan fingerprint density at radius 1 is 0.889 bits per heavy atom. The van der Waals surface area contributed by atoms with Crippen molar-refractivity contribution < 1.29 is 0 Å². The highest BCUT2D eigenvalue weighted by molar-refractivity contribution is 5.46. The second-order valence-electron chi connectivity index (χ2n) is 1.96. The molecule has 0 atom stereocenters. The van der Waals surface area contributed by atoms with Crippen molar-refractivity contribution >= 4 is 24.6 Å². The number of aromatic amines is 2. The van der Waals surface area contributed by atoms with Crippen molar-refractivity contribution in [2.75, 3.05) is 0 Å². The summed E-state index contributed by atoms with van der Waals surface area (Å²) in [5.41, 5.74) is 8.78. The lowest BCUT2D eigenvalue weighted by Gasteiger charge is -1.74. The molecule has 0 fully saturated rings. The largest absolute Gasteiger partial charge is 0.390 e. The number of aromatic nitrogens is 8. The van der Waals surface area contributed by atoms with Crippen molar-refractivity contribution in [1.82, 2.24) is 41.2 Å². The number of H-pyrrole nitrogens is 2. The minimum Gasteiger partial charge on any atom is -0.390 e. The van der Waals surface area contributed by atoms with Crippen molar-refractivity contribution in [3.05, 3.63) is 0 Å². The number of rotatable bonds is 2. The summed E-state index contributed by atoms with van der Waals surface area (Å²) in [5.74, 6) is 0.222. The molecule has 2 aromatic heterocycles. The highest BCUT2D eigenvalue weighted by atomic mass is 15.5. The fourth-order valence-electron chi connectivity index (χ4n) is 0.487. The Balaban J connectivity index is 0.000000414. The number of hydrogen-bond donors (Lipinski definition) is 6. The van der Waals surface area contributed by atoms with E-state index in [2.05, 4.69) is 62.9 Å². The molecule has 0 aliphatic heterocycles. The Bertz CT molecular complexity index is 382. The standard InChI is InChI=1S/C2H2N10.2CH4N2/c3(1-5-9-10-6-1)4-2-7-11-12-8-2;2*2-1-3/h(H,5,6,9,10)(H,7,8,11,12);2*1H,(H3,2,3)/b4-3+;;. The van der Waals surface area contributed by atoms with E-state index in [0.717, 1.165) is 12.7 Å². The molecule has 0 radical (unpaired) electrons. The SMILES string of the molecule is N(=N\c1nn[nH]n1)/c1nn[nH]n1.N=CN.N=CN. The smallest absolute Gasteiger partial charge is 0.307 e. The number of azo groups is 1. The normalized spacial score (nSPS) is 8.67. The van der Waals surface area contributed by atoms with E-state index in [4.69, 9.17) is 10.8 Å². The molecule has 8 N–H and O–H groups in total. The summed E-state index contributed by atoms with van der Waals surface area (Å²) in [6.07, 6.45) is 1.50. The summed E-state index contributed by atoms with van der Waals surface area (Å²) >= 11 is 0. The average Bonchev–Trinajstić information content (AvgIpc) is 3.02. The third-order valence-corrected chi connectivity index (χ3v) is 0.897. The van der Waals surface area contributed by atoms with Crippen LogP contribution in [0.1, 0.15) is 0 Å². The second-order valence-corrected chi connectivity index (χ2v) is 1.96. The lowest BCUT2D eigenvalue weighted by Crippen LogP contribution is -1.81. The first-order valence-corrected chi connectivity index (χ1v) is 4.08. The van der Waals surface area contributed by atoms with Crippen LogP contribution < -0.4 is 11.5 Å². The summed E-state index contributed by atoms with van der Waals surface area (Å²) in [7, 11) is 0. The van der Waals surface area contributed by atoms with Crippen molar-refractivity contribution in [3.63, 3.8) is 0 Å². The molecule has 14 nitrogen and oxygen atoms in total. The maximum absolute atomic E-state index is 5.86. The molecule has 96 valence electrons. The molecular formula is C4H10N14. The second kappa shape index (κ2) is 10.2. The van der Waals surface area contributed by atoms with E-state index >= 15 is 0 Å². The number of hydrogen-bond acceptors (Lipinski definition) is 10. The summed E-state index contributed by atoms with van der Waals surface area (Å²) in [6, 6.07) is 0. The van der Waals surface area contributed by atoms with Gasteiger partial charge in [-0.3, -0.25) is 10.8 Å². The minimum atomic E-state index is 0.111. The highest BCUT2D eigenvalue weighted by Crippen LogP contribution is 2.04. The molecule has 0 spiro atoms. The molecular weight excluding hydrogens is 244 g/mol. The van der Waals surface area contributed by atoms with Crippen LogP contribution in [-0.4, -0.2) is 53.9 Å². The first-order valence-electron chi connectivity index (χ1n) is 4.08. The van der Waals surface area contributed by atoms with Gasteiger partial charge in [-0.05, 0) is 10.4 Å². The molecule has 0 saturated carbocycles. The average molecular weight is 254 g/mol. The number of nitrogens with two attached hydrogens (primary N) is 2. The fourth-order valence-corrected chi connectivity index (χ4v) is 0.487.